The van der Waals surface area contributed by atoms with Gasteiger partial charge in [0.1, 0.15) is 0 Å². The van der Waals surface area contributed by atoms with Crippen molar-refractivity contribution in [2.75, 3.05) is 19.8 Å². The minimum Gasteiger partial charge on any atom is -0.381 e. The first-order valence-corrected chi connectivity index (χ1v) is 8.60. The zero-order valence-corrected chi connectivity index (χ0v) is 15.5. The van der Waals surface area contributed by atoms with E-state index in [1.807, 2.05) is 0 Å². The largest absolute Gasteiger partial charge is 0.381 e. The zero-order valence-electron chi connectivity index (χ0n) is 13.9. The van der Waals surface area contributed by atoms with E-state index in [1.54, 1.807) is 0 Å². The van der Waals surface area contributed by atoms with Gasteiger partial charge in [-0.25, -0.2) is 0 Å². The monoisotopic (exact) mass is 357 g/mol. The maximum atomic E-state index is 5.73. The van der Waals surface area contributed by atoms with Gasteiger partial charge in [-0.2, -0.15) is 5.10 Å². The van der Waals surface area contributed by atoms with Crippen molar-refractivity contribution < 1.29 is 4.74 Å². The van der Waals surface area contributed by atoms with E-state index in [9.17, 15) is 0 Å². The van der Waals surface area contributed by atoms with Crippen LogP contribution in [0.5, 0.6) is 0 Å². The van der Waals surface area contributed by atoms with Crippen molar-refractivity contribution in [1.29, 1.82) is 0 Å². The minimum absolute atomic E-state index is 0.133. The summed E-state index contributed by atoms with van der Waals surface area (Å²) in [5.74, 6) is 0. The van der Waals surface area contributed by atoms with Crippen LogP contribution in [0.25, 0.3) is 0 Å². The van der Waals surface area contributed by atoms with Gasteiger partial charge in [-0.15, -0.1) is 0 Å². The van der Waals surface area contributed by atoms with Crippen LogP contribution in [-0.2, 0) is 17.7 Å². The van der Waals surface area contributed by atoms with E-state index < -0.39 is 0 Å². The van der Waals surface area contributed by atoms with Crippen molar-refractivity contribution >= 4 is 15.9 Å². The molecule has 0 aliphatic carbocycles. The van der Waals surface area contributed by atoms with Crippen molar-refractivity contribution in [3.63, 3.8) is 0 Å². The highest BCUT2D eigenvalue weighted by Gasteiger charge is 2.37. The Morgan fingerprint density at radius 3 is 2.67 bits per heavy atom. The van der Waals surface area contributed by atoms with Gasteiger partial charge in [-0.3, -0.25) is 4.68 Å². The second-order valence-electron chi connectivity index (χ2n) is 7.24. The molecule has 1 aromatic rings. The van der Waals surface area contributed by atoms with Gasteiger partial charge in [0.05, 0.1) is 22.5 Å². The number of halogens is 1. The first-order chi connectivity index (χ1) is 9.76. The lowest BCUT2D eigenvalue weighted by Gasteiger charge is -2.32. The molecule has 1 atom stereocenters. The Balaban J connectivity index is 2.20. The van der Waals surface area contributed by atoms with Crippen molar-refractivity contribution in [3.05, 3.63) is 15.9 Å². The Labute approximate surface area is 136 Å². The summed E-state index contributed by atoms with van der Waals surface area (Å²) in [5.41, 5.74) is 2.68. The van der Waals surface area contributed by atoms with Crippen molar-refractivity contribution in [1.82, 2.24) is 15.1 Å². The Bertz CT molecular complexity index is 484. The molecule has 1 N–H and O–H groups in total. The molecule has 1 aromatic heterocycles. The van der Waals surface area contributed by atoms with Crippen LogP contribution in [0.2, 0.25) is 0 Å². The van der Waals surface area contributed by atoms with Gasteiger partial charge in [-0.1, -0.05) is 0 Å². The molecule has 2 heterocycles. The second-order valence-corrected chi connectivity index (χ2v) is 8.04. The fraction of sp³-hybridized carbons (Fsp3) is 0.812. The molecule has 1 aliphatic rings. The summed E-state index contributed by atoms with van der Waals surface area (Å²) in [7, 11) is 0. The van der Waals surface area contributed by atoms with E-state index in [-0.39, 0.29) is 11.0 Å². The van der Waals surface area contributed by atoms with Crippen LogP contribution in [0.1, 0.15) is 45.5 Å². The number of ether oxygens (including phenoxy) is 1. The third kappa shape index (κ3) is 4.08. The smallest absolute Gasteiger partial charge is 0.0738 e. The normalized spacial score (nSPS) is 23.0. The van der Waals surface area contributed by atoms with Crippen LogP contribution in [0, 0.1) is 12.3 Å². The molecule has 0 aromatic carbocycles. The highest BCUT2D eigenvalue weighted by atomic mass is 79.9. The second kappa shape index (κ2) is 6.39. The number of rotatable bonds is 5. The molecule has 0 bridgehead atoms. The SMILES string of the molecule is CCn1nc(C)c(Br)c1CC1(CNC(C)(C)C)CCOC1. The predicted octanol–water partition coefficient (Wildman–Crippen LogP) is 3.31. The maximum absolute atomic E-state index is 5.73. The summed E-state index contributed by atoms with van der Waals surface area (Å²) in [6.45, 7) is 14.4. The summed E-state index contributed by atoms with van der Waals surface area (Å²) in [4.78, 5) is 0. The van der Waals surface area contributed by atoms with E-state index in [2.05, 4.69) is 65.6 Å². The Hall–Kier alpha value is -0.390. The summed E-state index contributed by atoms with van der Waals surface area (Å²) in [6, 6.07) is 0. The standard InChI is InChI=1S/C16H28BrN3O/c1-6-20-13(14(17)12(2)19-20)9-16(7-8-21-11-16)10-18-15(3,4)5/h18H,6-11H2,1-5H3. The van der Waals surface area contributed by atoms with Crippen LogP contribution in [0.4, 0.5) is 0 Å². The molecule has 0 radical (unpaired) electrons. The van der Waals surface area contributed by atoms with E-state index >= 15 is 0 Å². The predicted molar refractivity (Wildman–Crippen MR) is 89.7 cm³/mol. The number of aryl methyl sites for hydroxylation is 2. The molecule has 0 spiro atoms. The lowest BCUT2D eigenvalue weighted by Crippen LogP contribution is -2.45. The average Bonchev–Trinajstić information content (AvgIpc) is 2.97. The number of hydrogen-bond donors (Lipinski definition) is 1. The molecule has 0 saturated carbocycles. The average molecular weight is 358 g/mol. The Kier molecular flexibility index (Phi) is 5.16. The zero-order chi connectivity index (χ0) is 15.7. The lowest BCUT2D eigenvalue weighted by atomic mass is 9.81. The summed E-state index contributed by atoms with van der Waals surface area (Å²) < 4.78 is 9.01. The van der Waals surface area contributed by atoms with Crippen LogP contribution in [0.15, 0.2) is 4.47 Å². The van der Waals surface area contributed by atoms with Gasteiger partial charge in [0.15, 0.2) is 0 Å². The number of hydrogen-bond acceptors (Lipinski definition) is 3. The summed E-state index contributed by atoms with van der Waals surface area (Å²) in [5, 5.41) is 8.28. The molecular formula is C16H28BrN3O. The Morgan fingerprint density at radius 2 is 2.14 bits per heavy atom. The molecule has 1 fully saturated rings. The van der Waals surface area contributed by atoms with Crippen molar-refractivity contribution in [2.45, 2.75) is 59.5 Å². The third-order valence-corrected chi connectivity index (χ3v) is 5.21. The van der Waals surface area contributed by atoms with E-state index in [0.717, 1.165) is 49.3 Å². The van der Waals surface area contributed by atoms with E-state index in [1.165, 1.54) is 5.69 Å². The number of nitrogens with zero attached hydrogens (tertiary/aromatic N) is 2. The summed E-state index contributed by atoms with van der Waals surface area (Å²) >= 11 is 3.72. The van der Waals surface area contributed by atoms with Gasteiger partial charge in [0.2, 0.25) is 0 Å². The topological polar surface area (TPSA) is 39.1 Å². The van der Waals surface area contributed by atoms with Gasteiger partial charge < -0.3 is 10.1 Å². The van der Waals surface area contributed by atoms with Crippen molar-refractivity contribution in [3.8, 4) is 0 Å². The molecule has 1 unspecified atom stereocenters. The van der Waals surface area contributed by atoms with Gasteiger partial charge >= 0.3 is 0 Å². The molecule has 21 heavy (non-hydrogen) atoms. The number of nitrogens with one attached hydrogen (secondary N) is 1. The highest BCUT2D eigenvalue weighted by Crippen LogP contribution is 2.35. The molecule has 0 amide bonds. The van der Waals surface area contributed by atoms with Crippen LogP contribution in [0.3, 0.4) is 0 Å². The van der Waals surface area contributed by atoms with Gasteiger partial charge in [0.25, 0.3) is 0 Å². The minimum atomic E-state index is 0.133. The van der Waals surface area contributed by atoms with Gasteiger partial charge in [0, 0.05) is 30.7 Å². The molecule has 5 heteroatoms. The van der Waals surface area contributed by atoms with E-state index in [0.29, 0.717) is 0 Å². The van der Waals surface area contributed by atoms with Crippen LogP contribution >= 0.6 is 15.9 Å². The molecule has 120 valence electrons. The van der Waals surface area contributed by atoms with Gasteiger partial charge in [-0.05, 0) is 63.4 Å². The molecule has 2 rings (SSSR count). The summed E-state index contributed by atoms with van der Waals surface area (Å²) in [6.07, 6.45) is 2.11. The third-order valence-electron chi connectivity index (χ3n) is 4.17. The first kappa shape index (κ1) is 17.0. The van der Waals surface area contributed by atoms with Crippen LogP contribution in [-0.4, -0.2) is 35.1 Å². The maximum Gasteiger partial charge on any atom is 0.0738 e. The first-order valence-electron chi connectivity index (χ1n) is 7.81. The quantitative estimate of drug-likeness (QED) is 0.878. The lowest BCUT2D eigenvalue weighted by molar-refractivity contribution is 0.142. The molecular weight excluding hydrogens is 330 g/mol. The Morgan fingerprint density at radius 1 is 1.43 bits per heavy atom. The fourth-order valence-corrected chi connectivity index (χ4v) is 3.26. The molecule has 1 aliphatic heterocycles. The number of aromatic nitrogens is 2. The highest BCUT2D eigenvalue weighted by molar-refractivity contribution is 9.10. The molecule has 1 saturated heterocycles. The van der Waals surface area contributed by atoms with Crippen molar-refractivity contribution in [2.24, 2.45) is 5.41 Å². The fourth-order valence-electron chi connectivity index (χ4n) is 2.84. The van der Waals surface area contributed by atoms with Crippen LogP contribution < -0.4 is 5.32 Å². The molecule has 4 nitrogen and oxygen atoms in total. The van der Waals surface area contributed by atoms with E-state index in [4.69, 9.17) is 4.74 Å².